The minimum Gasteiger partial charge on any atom is -0.489 e. The fourth-order valence-corrected chi connectivity index (χ4v) is 2.98. The molecular formula is C19H14F6O2. The summed E-state index contributed by atoms with van der Waals surface area (Å²) in [7, 11) is 0. The summed E-state index contributed by atoms with van der Waals surface area (Å²) in [4.78, 5) is 11.8. The SMILES string of the molecule is O=C1CCCc2cc(OCc3cc(C(F)(F)F)cc(C(F)(F)F)c3)ccc21. The first-order valence-corrected chi connectivity index (χ1v) is 8.11. The van der Waals surface area contributed by atoms with E-state index in [4.69, 9.17) is 4.74 Å². The number of aryl methyl sites for hydroxylation is 1. The van der Waals surface area contributed by atoms with Gasteiger partial charge in [-0.15, -0.1) is 0 Å². The lowest BCUT2D eigenvalue weighted by Gasteiger charge is -2.17. The smallest absolute Gasteiger partial charge is 0.416 e. The molecule has 8 heteroatoms. The third kappa shape index (κ3) is 4.43. The summed E-state index contributed by atoms with van der Waals surface area (Å²) in [5.74, 6) is 0.296. The second kappa shape index (κ2) is 6.90. The van der Waals surface area contributed by atoms with Gasteiger partial charge in [0.05, 0.1) is 11.1 Å². The Bertz CT molecular complexity index is 835. The normalized spacial score (nSPS) is 14.8. The number of Topliss-reactive ketones (excluding diaryl/α,β-unsaturated/α-hetero) is 1. The van der Waals surface area contributed by atoms with Crippen LogP contribution in [0.5, 0.6) is 5.75 Å². The monoisotopic (exact) mass is 388 g/mol. The number of rotatable bonds is 3. The Morgan fingerprint density at radius 3 is 2.07 bits per heavy atom. The van der Waals surface area contributed by atoms with Gasteiger partial charge < -0.3 is 4.74 Å². The number of ketones is 1. The molecule has 2 aromatic rings. The molecule has 0 aromatic heterocycles. The van der Waals surface area contributed by atoms with Crippen LogP contribution in [0.25, 0.3) is 0 Å². The molecule has 0 amide bonds. The van der Waals surface area contributed by atoms with Crippen molar-refractivity contribution < 1.29 is 35.9 Å². The Kier molecular flexibility index (Phi) is 4.92. The first-order valence-electron chi connectivity index (χ1n) is 8.11. The van der Waals surface area contributed by atoms with Gasteiger partial charge in [0, 0.05) is 12.0 Å². The Morgan fingerprint density at radius 1 is 0.852 bits per heavy atom. The van der Waals surface area contributed by atoms with Gasteiger partial charge in [-0.2, -0.15) is 26.3 Å². The molecule has 2 aromatic carbocycles. The number of fused-ring (bicyclic) bond motifs is 1. The summed E-state index contributed by atoms with van der Waals surface area (Å²) in [6, 6.07) is 6.01. The molecule has 3 rings (SSSR count). The molecule has 0 heterocycles. The van der Waals surface area contributed by atoms with Gasteiger partial charge in [-0.25, -0.2) is 0 Å². The number of carbonyl (C=O) groups excluding carboxylic acids is 1. The number of benzene rings is 2. The topological polar surface area (TPSA) is 26.3 Å². The van der Waals surface area contributed by atoms with Crippen molar-refractivity contribution in [2.24, 2.45) is 0 Å². The maximum Gasteiger partial charge on any atom is 0.416 e. The van der Waals surface area contributed by atoms with Crippen LogP contribution in [0.4, 0.5) is 26.3 Å². The number of alkyl halides is 6. The van der Waals surface area contributed by atoms with Gasteiger partial charge >= 0.3 is 12.4 Å². The molecule has 0 saturated heterocycles. The lowest BCUT2D eigenvalue weighted by atomic mass is 9.90. The van der Waals surface area contributed by atoms with Crippen LogP contribution in [0, 0.1) is 0 Å². The zero-order valence-electron chi connectivity index (χ0n) is 13.9. The highest BCUT2D eigenvalue weighted by molar-refractivity contribution is 5.98. The van der Waals surface area contributed by atoms with E-state index in [0.29, 0.717) is 37.0 Å². The van der Waals surface area contributed by atoms with Crippen molar-refractivity contribution in [2.75, 3.05) is 0 Å². The van der Waals surface area contributed by atoms with Crippen LogP contribution in [0.2, 0.25) is 0 Å². The molecule has 144 valence electrons. The Hall–Kier alpha value is -2.51. The fourth-order valence-electron chi connectivity index (χ4n) is 2.98. The van der Waals surface area contributed by atoms with Crippen molar-refractivity contribution in [3.05, 3.63) is 64.2 Å². The number of hydrogen-bond acceptors (Lipinski definition) is 2. The molecule has 0 radical (unpaired) electrons. The summed E-state index contributed by atoms with van der Waals surface area (Å²) in [6.45, 7) is -0.459. The number of ether oxygens (including phenoxy) is 1. The highest BCUT2D eigenvalue weighted by Gasteiger charge is 2.36. The molecule has 0 unspecified atom stereocenters. The van der Waals surface area contributed by atoms with Crippen molar-refractivity contribution in [1.29, 1.82) is 0 Å². The summed E-state index contributed by atoms with van der Waals surface area (Å²) >= 11 is 0. The maximum absolute atomic E-state index is 12.9. The predicted molar refractivity (Wildman–Crippen MR) is 84.5 cm³/mol. The third-order valence-corrected chi connectivity index (χ3v) is 4.28. The van der Waals surface area contributed by atoms with Crippen LogP contribution in [0.1, 0.15) is 45.5 Å². The lowest BCUT2D eigenvalue weighted by Crippen LogP contribution is -2.13. The van der Waals surface area contributed by atoms with E-state index in [-0.39, 0.29) is 23.2 Å². The molecular weight excluding hydrogens is 374 g/mol. The number of halogens is 6. The molecule has 0 aliphatic heterocycles. The summed E-state index contributed by atoms with van der Waals surface area (Å²) in [5.41, 5.74) is -1.67. The van der Waals surface area contributed by atoms with Gasteiger partial charge in [0.2, 0.25) is 0 Å². The molecule has 2 nitrogen and oxygen atoms in total. The van der Waals surface area contributed by atoms with Crippen LogP contribution in [0.15, 0.2) is 36.4 Å². The van der Waals surface area contributed by atoms with E-state index >= 15 is 0 Å². The molecule has 0 N–H and O–H groups in total. The van der Waals surface area contributed by atoms with E-state index in [1.54, 1.807) is 12.1 Å². The van der Waals surface area contributed by atoms with Crippen LogP contribution in [0.3, 0.4) is 0 Å². The van der Waals surface area contributed by atoms with Gasteiger partial charge in [0.15, 0.2) is 5.78 Å². The zero-order valence-corrected chi connectivity index (χ0v) is 13.9. The van der Waals surface area contributed by atoms with Gasteiger partial charge in [0.25, 0.3) is 0 Å². The minimum absolute atomic E-state index is 0.00972. The Balaban J connectivity index is 1.84. The highest BCUT2D eigenvalue weighted by Crippen LogP contribution is 2.36. The second-order valence-electron chi connectivity index (χ2n) is 6.30. The standard InChI is InChI=1S/C19H14F6O2/c20-18(21,22)13-6-11(7-14(9-13)19(23,24)25)10-27-15-4-5-16-12(8-15)2-1-3-17(16)26/h4-9H,1-3,10H2. The van der Waals surface area contributed by atoms with Crippen molar-refractivity contribution in [2.45, 2.75) is 38.2 Å². The maximum atomic E-state index is 12.9. The quantitative estimate of drug-likeness (QED) is 0.619. The molecule has 27 heavy (non-hydrogen) atoms. The molecule has 0 fully saturated rings. The highest BCUT2D eigenvalue weighted by atomic mass is 19.4. The van der Waals surface area contributed by atoms with Gasteiger partial charge in [0.1, 0.15) is 12.4 Å². The third-order valence-electron chi connectivity index (χ3n) is 4.28. The van der Waals surface area contributed by atoms with Crippen molar-refractivity contribution in [1.82, 2.24) is 0 Å². The van der Waals surface area contributed by atoms with E-state index in [1.807, 2.05) is 0 Å². The molecule has 0 spiro atoms. The Morgan fingerprint density at radius 2 is 1.48 bits per heavy atom. The Labute approximate surface area is 150 Å². The summed E-state index contributed by atoms with van der Waals surface area (Å²) < 4.78 is 82.7. The van der Waals surface area contributed by atoms with Crippen molar-refractivity contribution in [3.63, 3.8) is 0 Å². The summed E-state index contributed by atoms with van der Waals surface area (Å²) in [6.07, 6.45) is -7.99. The lowest BCUT2D eigenvalue weighted by molar-refractivity contribution is -0.143. The largest absolute Gasteiger partial charge is 0.489 e. The van der Waals surface area contributed by atoms with Crippen molar-refractivity contribution in [3.8, 4) is 5.75 Å². The van der Waals surface area contributed by atoms with E-state index < -0.39 is 30.1 Å². The van der Waals surface area contributed by atoms with Crippen LogP contribution in [-0.2, 0) is 25.4 Å². The molecule has 0 saturated carbocycles. The minimum atomic E-state index is -4.90. The predicted octanol–water partition coefficient (Wildman–Crippen LogP) is 5.82. The average Bonchev–Trinajstić information content (AvgIpc) is 2.58. The average molecular weight is 388 g/mol. The van der Waals surface area contributed by atoms with Crippen LogP contribution < -0.4 is 4.74 Å². The number of carbonyl (C=O) groups is 1. The van der Waals surface area contributed by atoms with E-state index in [1.165, 1.54) is 6.07 Å². The first kappa shape index (κ1) is 19.3. The van der Waals surface area contributed by atoms with E-state index in [0.717, 1.165) is 5.56 Å². The zero-order chi connectivity index (χ0) is 19.8. The molecule has 0 bridgehead atoms. The van der Waals surface area contributed by atoms with E-state index in [2.05, 4.69) is 0 Å². The van der Waals surface area contributed by atoms with Gasteiger partial charge in [-0.05, 0) is 60.4 Å². The van der Waals surface area contributed by atoms with Gasteiger partial charge in [-0.1, -0.05) is 0 Å². The first-order chi connectivity index (χ1) is 12.5. The van der Waals surface area contributed by atoms with Crippen molar-refractivity contribution >= 4 is 5.78 Å². The molecule has 1 aliphatic rings. The van der Waals surface area contributed by atoms with Crippen LogP contribution in [-0.4, -0.2) is 5.78 Å². The van der Waals surface area contributed by atoms with Gasteiger partial charge in [-0.3, -0.25) is 4.79 Å². The second-order valence-corrected chi connectivity index (χ2v) is 6.30. The molecule has 1 aliphatic carbocycles. The number of hydrogen-bond donors (Lipinski definition) is 0. The molecule has 0 atom stereocenters. The van der Waals surface area contributed by atoms with E-state index in [9.17, 15) is 31.1 Å². The van der Waals surface area contributed by atoms with Crippen LogP contribution >= 0.6 is 0 Å². The summed E-state index contributed by atoms with van der Waals surface area (Å²) in [5, 5.41) is 0. The fraction of sp³-hybridized carbons (Fsp3) is 0.316.